The number of nitrogens with zero attached hydrogens (tertiary/aromatic N) is 1. The zero-order valence-electron chi connectivity index (χ0n) is 11.0. The third-order valence-electron chi connectivity index (χ3n) is 2.41. The van der Waals surface area contributed by atoms with Crippen LogP contribution in [-0.4, -0.2) is 30.1 Å². The number of halogens is 5. The van der Waals surface area contributed by atoms with Crippen LogP contribution in [0.4, 0.5) is 13.2 Å². The topological polar surface area (TPSA) is 20.3 Å². The van der Waals surface area contributed by atoms with Gasteiger partial charge < -0.3 is 4.90 Å². The van der Waals surface area contributed by atoms with Gasteiger partial charge in [0.05, 0.1) is 5.02 Å². The molecule has 1 amide bonds. The highest BCUT2D eigenvalue weighted by molar-refractivity contribution is 9.10. The molecule has 0 spiro atoms. The Kier molecular flexibility index (Phi) is 5.89. The maximum atomic E-state index is 12.6. The summed E-state index contributed by atoms with van der Waals surface area (Å²) in [6, 6.07) is 4.31. The Bertz CT molecular complexity index is 491. The quantitative estimate of drug-likeness (QED) is 0.746. The predicted molar refractivity (Wildman–Crippen MR) is 75.9 cm³/mol. The van der Waals surface area contributed by atoms with Crippen LogP contribution in [0.25, 0.3) is 0 Å². The van der Waals surface area contributed by atoms with Gasteiger partial charge in [-0.1, -0.05) is 25.4 Å². The van der Waals surface area contributed by atoms with Crippen LogP contribution in [0.1, 0.15) is 24.2 Å². The second-order valence-corrected chi connectivity index (χ2v) is 6.09. The van der Waals surface area contributed by atoms with Crippen molar-refractivity contribution in [3.8, 4) is 0 Å². The number of carbonyl (C=O) groups excluding carboxylic acids is 1. The Morgan fingerprint density at radius 1 is 1.40 bits per heavy atom. The normalized spacial score (nSPS) is 11.8. The summed E-state index contributed by atoms with van der Waals surface area (Å²) in [4.78, 5) is 13.0. The van der Waals surface area contributed by atoms with E-state index in [2.05, 4.69) is 15.9 Å². The Balaban J connectivity index is 2.99. The van der Waals surface area contributed by atoms with Crippen LogP contribution >= 0.6 is 27.5 Å². The molecule has 0 aliphatic heterocycles. The van der Waals surface area contributed by atoms with Gasteiger partial charge >= 0.3 is 6.18 Å². The van der Waals surface area contributed by atoms with Crippen LogP contribution in [0.15, 0.2) is 22.7 Å². The molecular weight excluding hydrogens is 358 g/mol. The van der Waals surface area contributed by atoms with E-state index in [1.54, 1.807) is 13.8 Å². The lowest BCUT2D eigenvalue weighted by atomic mass is 10.1. The Labute approximate surface area is 129 Å². The molecule has 1 rings (SSSR count). The smallest absolute Gasteiger partial charge is 0.329 e. The highest BCUT2D eigenvalue weighted by Gasteiger charge is 2.33. The highest BCUT2D eigenvalue weighted by atomic mass is 79.9. The number of alkyl halides is 3. The van der Waals surface area contributed by atoms with E-state index in [4.69, 9.17) is 11.6 Å². The summed E-state index contributed by atoms with van der Waals surface area (Å²) in [5.74, 6) is -0.717. The Morgan fingerprint density at radius 3 is 2.45 bits per heavy atom. The maximum absolute atomic E-state index is 12.6. The van der Waals surface area contributed by atoms with Gasteiger partial charge in [-0.3, -0.25) is 4.79 Å². The molecule has 0 fully saturated rings. The molecule has 0 saturated carbocycles. The molecule has 0 N–H and O–H groups in total. The second kappa shape index (κ2) is 6.80. The highest BCUT2D eigenvalue weighted by Crippen LogP contribution is 2.25. The molecule has 0 aliphatic carbocycles. The molecule has 112 valence electrons. The van der Waals surface area contributed by atoms with Crippen molar-refractivity contribution in [3.05, 3.63) is 33.3 Å². The lowest BCUT2D eigenvalue weighted by molar-refractivity contribution is -0.141. The van der Waals surface area contributed by atoms with E-state index in [0.717, 1.165) is 4.90 Å². The number of carbonyl (C=O) groups is 1. The van der Waals surface area contributed by atoms with Gasteiger partial charge in [0.25, 0.3) is 5.91 Å². The summed E-state index contributed by atoms with van der Waals surface area (Å²) in [5.41, 5.74) is 0.172. The van der Waals surface area contributed by atoms with Gasteiger partial charge in [0.1, 0.15) is 6.54 Å². The van der Waals surface area contributed by atoms with E-state index in [0.29, 0.717) is 9.50 Å². The van der Waals surface area contributed by atoms with E-state index in [1.807, 2.05) is 0 Å². The monoisotopic (exact) mass is 371 g/mol. The largest absolute Gasteiger partial charge is 0.406 e. The molecule has 1 aromatic rings. The molecule has 0 saturated heterocycles. The average Bonchev–Trinajstić information content (AvgIpc) is 2.28. The second-order valence-electron chi connectivity index (χ2n) is 4.82. The van der Waals surface area contributed by atoms with Crippen molar-refractivity contribution in [1.29, 1.82) is 0 Å². The van der Waals surface area contributed by atoms with Crippen LogP contribution in [0.3, 0.4) is 0 Å². The van der Waals surface area contributed by atoms with Gasteiger partial charge in [0.15, 0.2) is 0 Å². The molecule has 0 unspecified atom stereocenters. The van der Waals surface area contributed by atoms with Crippen molar-refractivity contribution in [1.82, 2.24) is 4.90 Å². The molecule has 0 atom stereocenters. The molecule has 2 nitrogen and oxygen atoms in total. The van der Waals surface area contributed by atoms with E-state index in [9.17, 15) is 18.0 Å². The van der Waals surface area contributed by atoms with Crippen molar-refractivity contribution in [2.24, 2.45) is 5.92 Å². The van der Waals surface area contributed by atoms with Crippen molar-refractivity contribution < 1.29 is 18.0 Å². The average molecular weight is 373 g/mol. The summed E-state index contributed by atoms with van der Waals surface area (Å²) in [6.45, 7) is 2.30. The molecule has 20 heavy (non-hydrogen) atoms. The minimum absolute atomic E-state index is 0.0403. The maximum Gasteiger partial charge on any atom is 0.406 e. The van der Waals surface area contributed by atoms with E-state index >= 15 is 0 Å². The number of hydrogen-bond acceptors (Lipinski definition) is 1. The number of benzene rings is 1. The molecular formula is C13H14BrClF3NO. The van der Waals surface area contributed by atoms with Crippen molar-refractivity contribution in [2.75, 3.05) is 13.1 Å². The predicted octanol–water partition coefficient (Wildman–Crippen LogP) is 4.76. The van der Waals surface area contributed by atoms with Crippen LogP contribution in [0.2, 0.25) is 5.02 Å². The van der Waals surface area contributed by atoms with Gasteiger partial charge in [-0.15, -0.1) is 0 Å². The number of amides is 1. The Hall–Kier alpha value is -0.750. The lowest BCUT2D eigenvalue weighted by Gasteiger charge is -2.25. The summed E-state index contributed by atoms with van der Waals surface area (Å²) in [7, 11) is 0. The minimum Gasteiger partial charge on any atom is -0.329 e. The molecule has 0 aromatic heterocycles. The number of rotatable bonds is 4. The first-order valence-electron chi connectivity index (χ1n) is 5.91. The summed E-state index contributed by atoms with van der Waals surface area (Å²) >= 11 is 8.95. The summed E-state index contributed by atoms with van der Waals surface area (Å²) in [6.07, 6.45) is -4.42. The first-order chi connectivity index (χ1) is 9.10. The van der Waals surface area contributed by atoms with E-state index in [-0.39, 0.29) is 18.0 Å². The van der Waals surface area contributed by atoms with E-state index < -0.39 is 18.6 Å². The third kappa shape index (κ3) is 5.32. The zero-order chi connectivity index (χ0) is 15.5. The van der Waals surface area contributed by atoms with Crippen LogP contribution < -0.4 is 0 Å². The first-order valence-corrected chi connectivity index (χ1v) is 7.08. The van der Waals surface area contributed by atoms with Gasteiger partial charge in [0.2, 0.25) is 0 Å². The van der Waals surface area contributed by atoms with Gasteiger partial charge in [-0.2, -0.15) is 13.2 Å². The van der Waals surface area contributed by atoms with Gasteiger partial charge in [-0.05, 0) is 40.0 Å². The third-order valence-corrected chi connectivity index (χ3v) is 3.62. The molecule has 0 bridgehead atoms. The fraction of sp³-hybridized carbons (Fsp3) is 0.462. The minimum atomic E-state index is -4.42. The van der Waals surface area contributed by atoms with Crippen LogP contribution in [0, 0.1) is 5.92 Å². The van der Waals surface area contributed by atoms with E-state index in [1.165, 1.54) is 18.2 Å². The van der Waals surface area contributed by atoms with Gasteiger partial charge in [0, 0.05) is 16.6 Å². The fourth-order valence-electron chi connectivity index (χ4n) is 1.69. The fourth-order valence-corrected chi connectivity index (χ4v) is 2.18. The first kappa shape index (κ1) is 17.3. The zero-order valence-corrected chi connectivity index (χ0v) is 13.3. The lowest BCUT2D eigenvalue weighted by Crippen LogP contribution is -2.41. The SMILES string of the molecule is CC(C)CN(CC(F)(F)F)C(=O)c1ccc(Cl)c(Br)c1. The summed E-state index contributed by atoms with van der Waals surface area (Å²) < 4.78 is 38.1. The number of hydrogen-bond donors (Lipinski definition) is 0. The van der Waals surface area contributed by atoms with Crippen LogP contribution in [0.5, 0.6) is 0 Å². The van der Waals surface area contributed by atoms with Crippen LogP contribution in [-0.2, 0) is 0 Å². The summed E-state index contributed by atoms with van der Waals surface area (Å²) in [5, 5.41) is 0.396. The molecule has 0 heterocycles. The molecule has 7 heteroatoms. The molecule has 1 aromatic carbocycles. The van der Waals surface area contributed by atoms with Crippen molar-refractivity contribution in [2.45, 2.75) is 20.0 Å². The van der Waals surface area contributed by atoms with Gasteiger partial charge in [-0.25, -0.2) is 0 Å². The molecule has 0 radical (unpaired) electrons. The standard InChI is InChI=1S/C13H14BrClF3NO/c1-8(2)6-19(7-13(16,17)18)12(20)9-3-4-11(15)10(14)5-9/h3-5,8H,6-7H2,1-2H3. The Morgan fingerprint density at radius 2 is 2.00 bits per heavy atom. The van der Waals surface area contributed by atoms with Crippen molar-refractivity contribution in [3.63, 3.8) is 0 Å². The molecule has 0 aliphatic rings. The van der Waals surface area contributed by atoms with Crippen molar-refractivity contribution >= 4 is 33.4 Å².